The molecule has 2 aromatic rings. The maximum atomic E-state index is 9.42. The van der Waals surface area contributed by atoms with Crippen molar-refractivity contribution in [3.63, 3.8) is 0 Å². The minimum Gasteiger partial charge on any atom is -0.393 e. The molecule has 2 heterocycles. The van der Waals surface area contributed by atoms with Gasteiger partial charge in [-0.3, -0.25) is 0 Å². The number of nitrogens with two attached hydrogens (primary N) is 1. The minimum atomic E-state index is -0.0899. The second kappa shape index (κ2) is 7.46. The summed E-state index contributed by atoms with van der Waals surface area (Å²) in [5.41, 5.74) is 9.66. The van der Waals surface area contributed by atoms with Crippen molar-refractivity contribution in [2.45, 2.75) is 10.5 Å². The second-order valence-electron chi connectivity index (χ2n) is 5.04. The molecule has 0 amide bonds. The van der Waals surface area contributed by atoms with Crippen LogP contribution < -0.4 is 11.1 Å². The first-order valence-corrected chi connectivity index (χ1v) is 9.04. The lowest BCUT2D eigenvalue weighted by molar-refractivity contribution is 0.665. The number of rotatable bonds is 5. The molecule has 9 heteroatoms. The maximum Gasteiger partial charge on any atom is 0.215 e. The van der Waals surface area contributed by atoms with E-state index in [0.29, 0.717) is 15.7 Å². The average molecular weight is 369 g/mol. The molecule has 25 heavy (non-hydrogen) atoms. The number of thioether (sulfide) groups is 2. The van der Waals surface area contributed by atoms with Crippen molar-refractivity contribution in [2.24, 2.45) is 12.8 Å². The Labute approximate surface area is 153 Å². The van der Waals surface area contributed by atoms with E-state index in [-0.39, 0.29) is 5.37 Å². The standard InChI is InChI=1S/C16H15N7S2/c1-3-19-15-13(14(18)25-16-20-21-22-23(16)2)12(9-24-15)11-7-5-4-6-10(11)8-17/h3-7,9,15,19H,1,18H2,2H3/b14-13+. The lowest BCUT2D eigenvalue weighted by Crippen LogP contribution is -2.22. The van der Waals surface area contributed by atoms with Crippen LogP contribution in [0.15, 0.2) is 58.2 Å². The van der Waals surface area contributed by atoms with E-state index in [1.165, 1.54) is 11.8 Å². The Kier molecular flexibility index (Phi) is 5.11. The SMILES string of the molecule is C=CNC1SC=C(c2ccccc2C#N)/C1=C(/N)Sc1nnnn1C. The number of aromatic nitrogens is 4. The van der Waals surface area contributed by atoms with Crippen LogP contribution in [0.3, 0.4) is 0 Å². The molecule has 3 N–H and O–H groups in total. The molecule has 0 aliphatic carbocycles. The number of benzene rings is 1. The number of nitrogens with zero attached hydrogens (tertiary/aromatic N) is 5. The highest BCUT2D eigenvalue weighted by atomic mass is 32.2. The molecule has 0 saturated heterocycles. The van der Waals surface area contributed by atoms with Crippen LogP contribution in [0, 0.1) is 11.3 Å². The number of aryl methyl sites for hydroxylation is 1. The summed E-state index contributed by atoms with van der Waals surface area (Å²) < 4.78 is 1.56. The second-order valence-corrected chi connectivity index (χ2v) is 7.03. The van der Waals surface area contributed by atoms with Gasteiger partial charge in [0.1, 0.15) is 5.37 Å². The lowest BCUT2D eigenvalue weighted by Gasteiger charge is -2.17. The van der Waals surface area contributed by atoms with E-state index in [4.69, 9.17) is 5.73 Å². The first-order chi connectivity index (χ1) is 12.2. The average Bonchev–Trinajstić information content (AvgIpc) is 3.22. The van der Waals surface area contributed by atoms with Crippen LogP contribution in [0.5, 0.6) is 0 Å². The molecule has 0 saturated carbocycles. The van der Waals surface area contributed by atoms with Crippen molar-refractivity contribution in [2.75, 3.05) is 0 Å². The fraction of sp³-hybridized carbons (Fsp3) is 0.125. The van der Waals surface area contributed by atoms with Crippen LogP contribution in [0.1, 0.15) is 11.1 Å². The van der Waals surface area contributed by atoms with Crippen molar-refractivity contribution in [1.29, 1.82) is 5.26 Å². The van der Waals surface area contributed by atoms with Crippen LogP contribution in [0.4, 0.5) is 0 Å². The molecule has 1 aromatic heterocycles. The minimum absolute atomic E-state index is 0.0899. The largest absolute Gasteiger partial charge is 0.393 e. The summed E-state index contributed by atoms with van der Waals surface area (Å²) >= 11 is 2.87. The predicted octanol–water partition coefficient (Wildman–Crippen LogP) is 2.19. The Morgan fingerprint density at radius 2 is 2.32 bits per heavy atom. The van der Waals surface area contributed by atoms with Gasteiger partial charge in [-0.15, -0.1) is 16.9 Å². The molecule has 3 rings (SSSR count). The summed E-state index contributed by atoms with van der Waals surface area (Å²) in [6.07, 6.45) is 1.63. The summed E-state index contributed by atoms with van der Waals surface area (Å²) in [5, 5.41) is 27.1. The molecule has 1 atom stereocenters. The highest BCUT2D eigenvalue weighted by molar-refractivity contribution is 8.04. The molecule has 1 unspecified atom stereocenters. The van der Waals surface area contributed by atoms with Crippen LogP contribution >= 0.6 is 23.5 Å². The summed E-state index contributed by atoms with van der Waals surface area (Å²) in [4.78, 5) is 0. The monoisotopic (exact) mass is 369 g/mol. The molecule has 1 aromatic carbocycles. The third kappa shape index (κ3) is 3.40. The van der Waals surface area contributed by atoms with E-state index in [9.17, 15) is 5.26 Å². The van der Waals surface area contributed by atoms with Gasteiger partial charge in [0.2, 0.25) is 5.16 Å². The van der Waals surface area contributed by atoms with Crippen LogP contribution in [-0.2, 0) is 7.05 Å². The van der Waals surface area contributed by atoms with Gasteiger partial charge in [-0.05, 0) is 45.4 Å². The van der Waals surface area contributed by atoms with E-state index in [1.807, 2.05) is 23.6 Å². The van der Waals surface area contributed by atoms with Crippen LogP contribution in [-0.4, -0.2) is 25.6 Å². The van der Waals surface area contributed by atoms with Crippen molar-refractivity contribution in [1.82, 2.24) is 25.5 Å². The number of nitriles is 1. The molecular formula is C16H15N7S2. The van der Waals surface area contributed by atoms with Gasteiger partial charge in [0.15, 0.2) is 0 Å². The van der Waals surface area contributed by atoms with Gasteiger partial charge >= 0.3 is 0 Å². The van der Waals surface area contributed by atoms with Gasteiger partial charge in [0.25, 0.3) is 0 Å². The molecule has 0 fully saturated rings. The normalized spacial score (nSPS) is 18.4. The molecule has 7 nitrogen and oxygen atoms in total. The Morgan fingerprint density at radius 3 is 3.00 bits per heavy atom. The smallest absolute Gasteiger partial charge is 0.215 e. The van der Waals surface area contributed by atoms with Crippen molar-refractivity contribution < 1.29 is 0 Å². The van der Waals surface area contributed by atoms with Crippen LogP contribution in [0.25, 0.3) is 5.57 Å². The van der Waals surface area contributed by atoms with E-state index < -0.39 is 0 Å². The summed E-state index contributed by atoms with van der Waals surface area (Å²) in [6, 6.07) is 9.70. The summed E-state index contributed by atoms with van der Waals surface area (Å²) in [7, 11) is 1.75. The third-order valence-electron chi connectivity index (χ3n) is 3.53. The quantitative estimate of drug-likeness (QED) is 0.773. The first kappa shape index (κ1) is 17.1. The van der Waals surface area contributed by atoms with Crippen molar-refractivity contribution in [3.8, 4) is 6.07 Å². The van der Waals surface area contributed by atoms with Gasteiger partial charge in [-0.25, -0.2) is 4.68 Å². The number of tetrazole rings is 1. The Bertz CT molecular complexity index is 907. The highest BCUT2D eigenvalue weighted by Gasteiger charge is 2.29. The van der Waals surface area contributed by atoms with Gasteiger partial charge in [0.05, 0.1) is 16.7 Å². The fourth-order valence-electron chi connectivity index (χ4n) is 2.39. The number of hydrogen-bond donors (Lipinski definition) is 2. The van der Waals surface area contributed by atoms with Crippen molar-refractivity contribution in [3.05, 3.63) is 64.2 Å². The Hall–Kier alpha value is -2.70. The van der Waals surface area contributed by atoms with Crippen LogP contribution in [0.2, 0.25) is 0 Å². The Balaban J connectivity index is 2.06. The maximum absolute atomic E-state index is 9.42. The van der Waals surface area contributed by atoms with Gasteiger partial charge in [0, 0.05) is 18.2 Å². The summed E-state index contributed by atoms with van der Waals surface area (Å²) in [5.74, 6) is 0. The lowest BCUT2D eigenvalue weighted by atomic mass is 9.96. The molecule has 126 valence electrons. The summed E-state index contributed by atoms with van der Waals surface area (Å²) in [6.45, 7) is 3.73. The molecule has 1 aliphatic heterocycles. The molecular weight excluding hydrogens is 354 g/mol. The van der Waals surface area contributed by atoms with Crippen molar-refractivity contribution >= 4 is 29.1 Å². The number of hydrogen-bond acceptors (Lipinski definition) is 8. The van der Waals surface area contributed by atoms with E-state index in [2.05, 4.69) is 33.5 Å². The fourth-order valence-corrected chi connectivity index (χ4v) is 4.33. The first-order valence-electron chi connectivity index (χ1n) is 7.28. The molecule has 1 aliphatic rings. The topological polar surface area (TPSA) is 105 Å². The Morgan fingerprint density at radius 1 is 1.52 bits per heavy atom. The van der Waals surface area contributed by atoms with E-state index in [0.717, 1.165) is 16.7 Å². The number of nitrogens with one attached hydrogen (secondary N) is 1. The van der Waals surface area contributed by atoms with Gasteiger partial charge in [-0.2, -0.15) is 5.26 Å². The van der Waals surface area contributed by atoms with E-state index >= 15 is 0 Å². The predicted molar refractivity (Wildman–Crippen MR) is 99.7 cm³/mol. The zero-order valence-corrected chi connectivity index (χ0v) is 15.0. The zero-order valence-electron chi connectivity index (χ0n) is 13.4. The molecule has 0 spiro atoms. The van der Waals surface area contributed by atoms with Gasteiger partial charge < -0.3 is 11.1 Å². The van der Waals surface area contributed by atoms with Gasteiger partial charge in [-0.1, -0.05) is 24.8 Å². The molecule has 0 radical (unpaired) electrons. The zero-order chi connectivity index (χ0) is 17.8. The van der Waals surface area contributed by atoms with E-state index in [1.54, 1.807) is 35.8 Å². The molecule has 0 bridgehead atoms. The third-order valence-corrected chi connectivity index (χ3v) is 5.51. The highest BCUT2D eigenvalue weighted by Crippen LogP contribution is 2.44.